The minimum atomic E-state index is -0.451. The van der Waals surface area contributed by atoms with Crippen molar-refractivity contribution in [3.63, 3.8) is 0 Å². The molecule has 0 bridgehead atoms. The SMILES string of the molecule is C=C(CO)C(=O)Nc1cccc(-n2cc(-c3ccc4c(c3)CCNC4=O)c(N)n2)c1. The fraction of sp³-hybridized carbons (Fsp3) is 0.136. The summed E-state index contributed by atoms with van der Waals surface area (Å²) in [4.78, 5) is 23.9. The van der Waals surface area contributed by atoms with E-state index >= 15 is 0 Å². The van der Waals surface area contributed by atoms with Gasteiger partial charge in [-0.2, -0.15) is 5.10 Å². The Kier molecular flexibility index (Phi) is 5.07. The number of aromatic nitrogens is 2. The molecule has 8 heteroatoms. The molecular weight excluding hydrogens is 382 g/mol. The van der Waals surface area contributed by atoms with E-state index in [1.807, 2.05) is 24.4 Å². The summed E-state index contributed by atoms with van der Waals surface area (Å²) in [6.07, 6.45) is 2.58. The highest BCUT2D eigenvalue weighted by atomic mass is 16.3. The highest BCUT2D eigenvalue weighted by molar-refractivity contribution is 6.03. The molecule has 0 saturated carbocycles. The summed E-state index contributed by atoms with van der Waals surface area (Å²) in [5.74, 6) is -0.152. The number of aliphatic hydroxyl groups is 1. The van der Waals surface area contributed by atoms with Crippen LogP contribution in [0, 0.1) is 0 Å². The summed E-state index contributed by atoms with van der Waals surface area (Å²) in [6, 6.07) is 12.7. The van der Waals surface area contributed by atoms with E-state index in [0.29, 0.717) is 29.3 Å². The van der Waals surface area contributed by atoms with Gasteiger partial charge in [0.2, 0.25) is 0 Å². The molecule has 0 atom stereocenters. The van der Waals surface area contributed by atoms with Crippen LogP contribution >= 0.6 is 0 Å². The Balaban J connectivity index is 1.63. The van der Waals surface area contributed by atoms with Crippen LogP contribution in [0.4, 0.5) is 11.5 Å². The summed E-state index contributed by atoms with van der Waals surface area (Å²) in [5.41, 5.74) is 10.8. The quantitative estimate of drug-likeness (QED) is 0.485. The Bertz CT molecular complexity index is 1170. The minimum absolute atomic E-state index is 0.0609. The van der Waals surface area contributed by atoms with E-state index in [9.17, 15) is 9.59 Å². The smallest absolute Gasteiger partial charge is 0.253 e. The molecule has 8 nitrogen and oxygen atoms in total. The molecule has 1 aliphatic heterocycles. The molecule has 0 aliphatic carbocycles. The van der Waals surface area contributed by atoms with Gasteiger partial charge in [0, 0.05) is 35.1 Å². The second kappa shape index (κ2) is 7.84. The first-order chi connectivity index (χ1) is 14.5. The standard InChI is InChI=1S/C22H21N5O3/c1-13(12-28)21(29)25-16-3-2-4-17(10-16)27-11-19(20(23)26-27)14-5-6-18-15(9-14)7-8-24-22(18)30/h2-6,9-11,28H,1,7-8,12H2,(H2,23,26)(H,24,30)(H,25,29). The highest BCUT2D eigenvalue weighted by Gasteiger charge is 2.18. The number of carbonyl (C=O) groups excluding carboxylic acids is 2. The molecule has 2 aromatic carbocycles. The molecule has 0 spiro atoms. The van der Waals surface area contributed by atoms with E-state index in [2.05, 4.69) is 22.3 Å². The third kappa shape index (κ3) is 3.68. The fourth-order valence-corrected chi connectivity index (χ4v) is 3.35. The van der Waals surface area contributed by atoms with Gasteiger partial charge < -0.3 is 21.5 Å². The van der Waals surface area contributed by atoms with Gasteiger partial charge in [-0.05, 0) is 41.8 Å². The number of amides is 2. The molecule has 0 unspecified atom stereocenters. The number of carbonyl (C=O) groups is 2. The van der Waals surface area contributed by atoms with Crippen molar-refractivity contribution >= 4 is 23.3 Å². The maximum atomic E-state index is 12.0. The molecule has 4 rings (SSSR count). The van der Waals surface area contributed by atoms with Crippen LogP contribution in [0.25, 0.3) is 16.8 Å². The molecule has 0 saturated heterocycles. The summed E-state index contributed by atoms with van der Waals surface area (Å²) in [7, 11) is 0. The molecule has 0 fully saturated rings. The van der Waals surface area contributed by atoms with E-state index in [0.717, 1.165) is 23.1 Å². The average molecular weight is 403 g/mol. The number of nitrogens with zero attached hydrogens (tertiary/aromatic N) is 2. The van der Waals surface area contributed by atoms with Gasteiger partial charge in [-0.25, -0.2) is 4.68 Å². The number of nitrogen functional groups attached to an aromatic ring is 1. The molecular formula is C22H21N5O3. The Labute approximate surface area is 173 Å². The zero-order chi connectivity index (χ0) is 21.3. The van der Waals surface area contributed by atoms with Crippen molar-refractivity contribution in [2.45, 2.75) is 6.42 Å². The summed E-state index contributed by atoms with van der Waals surface area (Å²) >= 11 is 0. The fourth-order valence-electron chi connectivity index (χ4n) is 3.35. The predicted octanol–water partition coefficient (Wildman–Crippen LogP) is 1.89. The van der Waals surface area contributed by atoms with Crippen LogP contribution in [0.2, 0.25) is 0 Å². The van der Waals surface area contributed by atoms with E-state index in [1.165, 1.54) is 0 Å². The zero-order valence-corrected chi connectivity index (χ0v) is 16.2. The normalized spacial score (nSPS) is 12.8. The van der Waals surface area contributed by atoms with Crippen molar-refractivity contribution in [3.05, 3.63) is 71.9 Å². The summed E-state index contributed by atoms with van der Waals surface area (Å²) in [5, 5.41) is 19.0. The van der Waals surface area contributed by atoms with Crippen molar-refractivity contribution in [2.75, 3.05) is 24.2 Å². The van der Waals surface area contributed by atoms with Gasteiger partial charge in [0.1, 0.15) is 0 Å². The molecule has 0 radical (unpaired) electrons. The molecule has 1 aromatic heterocycles. The maximum absolute atomic E-state index is 12.0. The average Bonchev–Trinajstić information content (AvgIpc) is 3.15. The van der Waals surface area contributed by atoms with Gasteiger partial charge in [-0.15, -0.1) is 0 Å². The first-order valence-corrected chi connectivity index (χ1v) is 9.43. The van der Waals surface area contributed by atoms with Gasteiger partial charge in [0.05, 0.1) is 12.3 Å². The van der Waals surface area contributed by atoms with Crippen LogP contribution in [0.1, 0.15) is 15.9 Å². The molecule has 3 aromatic rings. The molecule has 152 valence electrons. The number of hydrogen-bond donors (Lipinski definition) is 4. The second-order valence-corrected chi connectivity index (χ2v) is 7.02. The lowest BCUT2D eigenvalue weighted by atomic mass is 9.96. The van der Waals surface area contributed by atoms with Crippen molar-refractivity contribution in [1.29, 1.82) is 0 Å². The lowest BCUT2D eigenvalue weighted by molar-refractivity contribution is -0.113. The van der Waals surface area contributed by atoms with Gasteiger partial charge in [0.25, 0.3) is 11.8 Å². The minimum Gasteiger partial charge on any atom is -0.391 e. The van der Waals surface area contributed by atoms with Crippen molar-refractivity contribution < 1.29 is 14.7 Å². The Morgan fingerprint density at radius 2 is 2.10 bits per heavy atom. The number of nitrogens with one attached hydrogen (secondary N) is 2. The largest absolute Gasteiger partial charge is 0.391 e. The van der Waals surface area contributed by atoms with Crippen LogP contribution in [-0.4, -0.2) is 39.9 Å². The third-order valence-corrected chi connectivity index (χ3v) is 4.96. The van der Waals surface area contributed by atoms with Crippen LogP contribution in [0.15, 0.2) is 60.8 Å². The maximum Gasteiger partial charge on any atom is 0.253 e. The summed E-state index contributed by atoms with van der Waals surface area (Å²) < 4.78 is 1.63. The molecule has 5 N–H and O–H groups in total. The van der Waals surface area contributed by atoms with Crippen molar-refractivity contribution in [2.24, 2.45) is 0 Å². The number of rotatable bonds is 5. The predicted molar refractivity (Wildman–Crippen MR) is 114 cm³/mol. The van der Waals surface area contributed by atoms with E-state index in [4.69, 9.17) is 10.8 Å². The second-order valence-electron chi connectivity index (χ2n) is 7.02. The van der Waals surface area contributed by atoms with Crippen LogP contribution in [0.5, 0.6) is 0 Å². The number of aliphatic hydroxyl groups excluding tert-OH is 1. The van der Waals surface area contributed by atoms with E-state index < -0.39 is 12.5 Å². The van der Waals surface area contributed by atoms with Crippen LogP contribution in [0.3, 0.4) is 0 Å². The number of anilines is 2. The summed E-state index contributed by atoms with van der Waals surface area (Å²) in [6.45, 7) is 3.72. The lowest BCUT2D eigenvalue weighted by Gasteiger charge is -2.17. The Hall–Kier alpha value is -3.91. The van der Waals surface area contributed by atoms with E-state index in [1.54, 1.807) is 28.9 Å². The molecule has 1 aliphatic rings. The highest BCUT2D eigenvalue weighted by Crippen LogP contribution is 2.29. The number of fused-ring (bicyclic) bond motifs is 1. The van der Waals surface area contributed by atoms with Gasteiger partial charge in [-0.1, -0.05) is 24.8 Å². The Morgan fingerprint density at radius 3 is 2.90 bits per heavy atom. The molecule has 2 amide bonds. The molecule has 30 heavy (non-hydrogen) atoms. The first kappa shape index (κ1) is 19.4. The number of nitrogens with two attached hydrogens (primary N) is 1. The third-order valence-electron chi connectivity index (χ3n) is 4.96. The van der Waals surface area contributed by atoms with Crippen LogP contribution < -0.4 is 16.4 Å². The van der Waals surface area contributed by atoms with E-state index in [-0.39, 0.29) is 11.5 Å². The first-order valence-electron chi connectivity index (χ1n) is 9.43. The monoisotopic (exact) mass is 403 g/mol. The van der Waals surface area contributed by atoms with Gasteiger partial charge in [-0.3, -0.25) is 9.59 Å². The lowest BCUT2D eigenvalue weighted by Crippen LogP contribution is -2.31. The van der Waals surface area contributed by atoms with Gasteiger partial charge >= 0.3 is 0 Å². The van der Waals surface area contributed by atoms with Gasteiger partial charge in [0.15, 0.2) is 5.82 Å². The number of hydrogen-bond acceptors (Lipinski definition) is 5. The van der Waals surface area contributed by atoms with Crippen molar-refractivity contribution in [1.82, 2.24) is 15.1 Å². The molecule has 2 heterocycles. The topological polar surface area (TPSA) is 122 Å². The zero-order valence-electron chi connectivity index (χ0n) is 16.2. The number of benzene rings is 2. The van der Waals surface area contributed by atoms with Crippen molar-refractivity contribution in [3.8, 4) is 16.8 Å². The van der Waals surface area contributed by atoms with Crippen LogP contribution in [-0.2, 0) is 11.2 Å². The Morgan fingerprint density at radius 1 is 1.27 bits per heavy atom.